The summed E-state index contributed by atoms with van der Waals surface area (Å²) in [5, 5.41) is 0.556. The fourth-order valence-corrected chi connectivity index (χ4v) is 4.86. The van der Waals surface area contributed by atoms with E-state index in [-0.39, 0.29) is 24.8 Å². The SMILES string of the molecule is CCOC(=O)Cc1c(C(=O)c2ccc(Cl)cc2)sc(S)c1-[n+]1cc(C)cc(C)c1. The van der Waals surface area contributed by atoms with Gasteiger partial charge in [-0.2, -0.15) is 4.57 Å². The number of esters is 1. The van der Waals surface area contributed by atoms with Crippen LogP contribution in [-0.2, 0) is 16.0 Å². The summed E-state index contributed by atoms with van der Waals surface area (Å²) in [6.45, 7) is 6.04. The highest BCUT2D eigenvalue weighted by atomic mass is 35.5. The van der Waals surface area contributed by atoms with Crippen molar-refractivity contribution in [3.8, 4) is 5.69 Å². The molecule has 0 amide bonds. The van der Waals surface area contributed by atoms with Gasteiger partial charge in [0.25, 0.3) is 0 Å². The molecule has 3 rings (SSSR count). The van der Waals surface area contributed by atoms with Crippen LogP contribution in [0.1, 0.15) is 38.8 Å². The van der Waals surface area contributed by atoms with Crippen molar-refractivity contribution in [2.24, 2.45) is 0 Å². The lowest BCUT2D eigenvalue weighted by atomic mass is 10.0. The van der Waals surface area contributed by atoms with Crippen molar-refractivity contribution < 1.29 is 18.9 Å². The number of halogens is 1. The van der Waals surface area contributed by atoms with Gasteiger partial charge in [0.2, 0.25) is 11.5 Å². The predicted molar refractivity (Wildman–Crippen MR) is 118 cm³/mol. The number of thiol groups is 1. The number of nitrogens with zero attached hydrogens (tertiary/aromatic N) is 1. The van der Waals surface area contributed by atoms with Gasteiger partial charge in [-0.05, 0) is 51.1 Å². The Morgan fingerprint density at radius 2 is 1.76 bits per heavy atom. The molecule has 0 atom stereocenters. The maximum atomic E-state index is 13.2. The van der Waals surface area contributed by atoms with Crippen LogP contribution in [-0.4, -0.2) is 18.4 Å². The number of thiophene rings is 1. The number of hydrogen-bond donors (Lipinski definition) is 1. The summed E-state index contributed by atoms with van der Waals surface area (Å²) >= 11 is 11.9. The molecule has 0 fully saturated rings. The number of carbonyl (C=O) groups excluding carboxylic acids is 2. The monoisotopic (exact) mass is 446 g/mol. The lowest BCUT2D eigenvalue weighted by Crippen LogP contribution is -2.32. The van der Waals surface area contributed by atoms with Crippen molar-refractivity contribution >= 4 is 47.3 Å². The van der Waals surface area contributed by atoms with E-state index < -0.39 is 0 Å². The van der Waals surface area contributed by atoms with Crippen molar-refractivity contribution in [3.05, 3.63) is 74.9 Å². The van der Waals surface area contributed by atoms with Crippen LogP contribution in [0, 0.1) is 13.8 Å². The number of aryl methyl sites for hydroxylation is 2. The Bertz CT molecular complexity index is 1050. The molecule has 3 aromatic rings. The Hall–Kier alpha value is -2.15. The summed E-state index contributed by atoms with van der Waals surface area (Å²) in [5.74, 6) is -0.549. The summed E-state index contributed by atoms with van der Waals surface area (Å²) in [6.07, 6.45) is 3.91. The molecule has 1 aromatic carbocycles. The molecule has 2 heterocycles. The van der Waals surface area contributed by atoms with Crippen LogP contribution in [0.25, 0.3) is 5.69 Å². The maximum absolute atomic E-state index is 13.2. The standard InChI is InChI=1S/C22H20ClNO3S2/c1-4-27-18(25)10-17-19(24-11-13(2)9-14(3)12-24)22(28)29-21(17)20(26)15-5-7-16(23)8-6-15/h5-9,11-12H,4,10H2,1-3H3/p+1. The van der Waals surface area contributed by atoms with Gasteiger partial charge in [-0.1, -0.05) is 11.6 Å². The molecular weight excluding hydrogens is 426 g/mol. The van der Waals surface area contributed by atoms with E-state index >= 15 is 0 Å². The van der Waals surface area contributed by atoms with E-state index in [1.807, 2.05) is 30.8 Å². The van der Waals surface area contributed by atoms with Crippen LogP contribution >= 0.6 is 35.6 Å². The van der Waals surface area contributed by atoms with Gasteiger partial charge < -0.3 is 4.74 Å². The molecular formula is C22H21ClNO3S2+. The first-order chi connectivity index (χ1) is 13.8. The largest absolute Gasteiger partial charge is 0.466 e. The van der Waals surface area contributed by atoms with Gasteiger partial charge >= 0.3 is 5.97 Å². The van der Waals surface area contributed by atoms with Crippen molar-refractivity contribution in [1.29, 1.82) is 0 Å². The molecule has 0 unspecified atom stereocenters. The first kappa shape index (κ1) is 21.6. The van der Waals surface area contributed by atoms with Crippen molar-refractivity contribution in [1.82, 2.24) is 0 Å². The predicted octanol–water partition coefficient (Wildman–Crippen LogP) is 4.92. The van der Waals surface area contributed by atoms with Crippen LogP contribution in [0.5, 0.6) is 0 Å². The zero-order valence-corrected chi connectivity index (χ0v) is 18.8. The summed E-state index contributed by atoms with van der Waals surface area (Å²) < 4.78 is 7.74. The van der Waals surface area contributed by atoms with E-state index in [1.54, 1.807) is 31.2 Å². The third-order valence-electron chi connectivity index (χ3n) is 4.30. The number of ether oxygens (including phenoxy) is 1. The molecule has 29 heavy (non-hydrogen) atoms. The Kier molecular flexibility index (Phi) is 6.77. The third-order valence-corrected chi connectivity index (χ3v) is 6.06. The highest BCUT2D eigenvalue weighted by Gasteiger charge is 2.30. The van der Waals surface area contributed by atoms with Gasteiger partial charge in [-0.15, -0.1) is 24.0 Å². The minimum atomic E-state index is -0.380. The number of benzene rings is 1. The van der Waals surface area contributed by atoms with Crippen molar-refractivity contribution in [3.63, 3.8) is 0 Å². The number of carbonyl (C=O) groups is 2. The topological polar surface area (TPSA) is 47.3 Å². The molecule has 0 N–H and O–H groups in total. The normalized spacial score (nSPS) is 10.8. The minimum absolute atomic E-state index is 0.00507. The second-order valence-corrected chi connectivity index (χ2v) is 8.89. The second kappa shape index (κ2) is 9.11. The smallest absolute Gasteiger partial charge is 0.310 e. The first-order valence-corrected chi connectivity index (χ1v) is 10.7. The van der Waals surface area contributed by atoms with E-state index in [4.69, 9.17) is 16.3 Å². The quantitative estimate of drug-likeness (QED) is 0.253. The first-order valence-electron chi connectivity index (χ1n) is 9.10. The molecule has 0 saturated carbocycles. The molecule has 0 bridgehead atoms. The minimum Gasteiger partial charge on any atom is -0.466 e. The van der Waals surface area contributed by atoms with Crippen LogP contribution in [0.3, 0.4) is 0 Å². The Balaban J connectivity index is 2.16. The van der Waals surface area contributed by atoms with E-state index in [0.717, 1.165) is 16.8 Å². The molecule has 2 aromatic heterocycles. The van der Waals surface area contributed by atoms with Crippen molar-refractivity contribution in [2.75, 3.05) is 6.61 Å². The number of pyridine rings is 1. The highest BCUT2D eigenvalue weighted by molar-refractivity contribution is 7.83. The summed E-state index contributed by atoms with van der Waals surface area (Å²) in [7, 11) is 0. The molecule has 0 saturated heterocycles. The van der Waals surface area contributed by atoms with Crippen LogP contribution in [0.4, 0.5) is 0 Å². The molecule has 150 valence electrons. The Morgan fingerprint density at radius 1 is 1.14 bits per heavy atom. The van der Waals surface area contributed by atoms with Gasteiger partial charge in [-0.3, -0.25) is 9.59 Å². The van der Waals surface area contributed by atoms with Gasteiger partial charge in [-0.25, -0.2) is 0 Å². The Morgan fingerprint density at radius 3 is 2.34 bits per heavy atom. The summed E-state index contributed by atoms with van der Waals surface area (Å²) in [4.78, 5) is 26.0. The molecule has 0 spiro atoms. The van der Waals surface area contributed by atoms with Gasteiger partial charge in [0.05, 0.1) is 23.5 Å². The third kappa shape index (κ3) is 4.89. The van der Waals surface area contributed by atoms with Crippen LogP contribution in [0.15, 0.2) is 46.9 Å². The molecule has 0 aliphatic carbocycles. The average molecular weight is 447 g/mol. The number of aromatic nitrogens is 1. The van der Waals surface area contributed by atoms with Crippen LogP contribution < -0.4 is 4.57 Å². The lowest BCUT2D eigenvalue weighted by molar-refractivity contribution is -0.598. The van der Waals surface area contributed by atoms with Gasteiger partial charge in [0.15, 0.2) is 12.4 Å². The fraction of sp³-hybridized carbons (Fsp3) is 0.227. The van der Waals surface area contributed by atoms with Crippen LogP contribution in [0.2, 0.25) is 5.02 Å². The molecule has 7 heteroatoms. The maximum Gasteiger partial charge on any atom is 0.310 e. The van der Waals surface area contributed by atoms with Gasteiger partial charge in [0, 0.05) is 21.7 Å². The van der Waals surface area contributed by atoms with E-state index in [0.29, 0.717) is 25.2 Å². The number of rotatable bonds is 6. The molecule has 0 aliphatic heterocycles. The van der Waals surface area contributed by atoms with Crippen molar-refractivity contribution in [2.45, 2.75) is 31.4 Å². The number of ketones is 1. The molecule has 0 aliphatic rings. The second-order valence-electron chi connectivity index (χ2n) is 6.68. The summed E-state index contributed by atoms with van der Waals surface area (Å²) in [6, 6.07) is 8.77. The van der Waals surface area contributed by atoms with E-state index in [2.05, 4.69) is 18.7 Å². The highest BCUT2D eigenvalue weighted by Crippen LogP contribution is 2.34. The average Bonchev–Trinajstić information content (AvgIpc) is 2.97. The number of hydrogen-bond acceptors (Lipinski definition) is 5. The zero-order valence-electron chi connectivity index (χ0n) is 16.4. The molecule has 4 nitrogen and oxygen atoms in total. The Labute approximate surface area is 184 Å². The van der Waals surface area contributed by atoms with E-state index in [9.17, 15) is 9.59 Å². The lowest BCUT2D eigenvalue weighted by Gasteiger charge is -2.06. The van der Waals surface area contributed by atoms with E-state index in [1.165, 1.54) is 11.3 Å². The molecule has 0 radical (unpaired) electrons. The summed E-state index contributed by atoms with van der Waals surface area (Å²) in [5.41, 5.74) is 3.99. The van der Waals surface area contributed by atoms with Gasteiger partial charge in [0.1, 0.15) is 4.21 Å². The zero-order chi connectivity index (χ0) is 21.1. The fourth-order valence-electron chi connectivity index (χ4n) is 3.18.